The van der Waals surface area contributed by atoms with E-state index in [0.717, 1.165) is 46.3 Å². The van der Waals surface area contributed by atoms with Gasteiger partial charge in [0.2, 0.25) is 0 Å². The first kappa shape index (κ1) is 19.0. The predicted octanol–water partition coefficient (Wildman–Crippen LogP) is 4.89. The van der Waals surface area contributed by atoms with Gasteiger partial charge in [0.05, 0.1) is 5.71 Å². The molecule has 0 saturated carbocycles. The Kier molecular flexibility index (Phi) is 5.15. The van der Waals surface area contributed by atoms with Gasteiger partial charge in [-0.2, -0.15) is 5.10 Å². The summed E-state index contributed by atoms with van der Waals surface area (Å²) in [5, 5.41) is 5.39. The maximum atomic E-state index is 12.5. The second-order valence-corrected chi connectivity index (χ2v) is 7.47. The zero-order valence-corrected chi connectivity index (χ0v) is 16.9. The molecule has 1 N–H and O–H groups in total. The summed E-state index contributed by atoms with van der Waals surface area (Å²) < 4.78 is 5.97. The van der Waals surface area contributed by atoms with Gasteiger partial charge in [0.1, 0.15) is 17.9 Å². The Bertz CT molecular complexity index is 1270. The SMILES string of the molecule is O=C(N/N=C1\CCc2ccccc21)c1ccc(COc2cccc3cccnc23)cc1. The van der Waals surface area contributed by atoms with Crippen LogP contribution >= 0.6 is 0 Å². The largest absolute Gasteiger partial charge is 0.487 e. The number of benzene rings is 3. The van der Waals surface area contributed by atoms with Crippen LogP contribution in [-0.4, -0.2) is 16.6 Å². The lowest BCUT2D eigenvalue weighted by Crippen LogP contribution is -2.19. The molecule has 4 aromatic rings. The van der Waals surface area contributed by atoms with E-state index in [1.54, 1.807) is 18.3 Å². The Labute approximate surface area is 180 Å². The zero-order chi connectivity index (χ0) is 21.0. The van der Waals surface area contributed by atoms with Gasteiger partial charge in [-0.05, 0) is 48.2 Å². The van der Waals surface area contributed by atoms with Gasteiger partial charge >= 0.3 is 0 Å². The van der Waals surface area contributed by atoms with Crippen LogP contribution in [0.2, 0.25) is 0 Å². The number of para-hydroxylation sites is 1. The summed E-state index contributed by atoms with van der Waals surface area (Å²) in [7, 11) is 0. The average molecular weight is 407 g/mol. The first-order valence-electron chi connectivity index (χ1n) is 10.3. The van der Waals surface area contributed by atoms with Crippen LogP contribution < -0.4 is 10.2 Å². The summed E-state index contributed by atoms with van der Waals surface area (Å²) in [4.78, 5) is 16.9. The number of nitrogens with zero attached hydrogens (tertiary/aromatic N) is 2. The van der Waals surface area contributed by atoms with E-state index in [0.29, 0.717) is 12.2 Å². The molecular formula is C26H21N3O2. The standard InChI is InChI=1S/C26H21N3O2/c30-26(29-28-23-15-14-19-5-1-2-8-22(19)23)21-12-10-18(11-13-21)17-31-24-9-3-6-20-7-4-16-27-25(20)24/h1-13,16H,14-15,17H2,(H,29,30)/b28-23+. The fourth-order valence-corrected chi connectivity index (χ4v) is 3.81. The Morgan fingerprint density at radius 2 is 1.77 bits per heavy atom. The molecule has 152 valence electrons. The molecule has 5 heteroatoms. The summed E-state index contributed by atoms with van der Waals surface area (Å²) in [6.07, 6.45) is 3.57. The van der Waals surface area contributed by atoms with Gasteiger partial charge in [0.25, 0.3) is 5.91 Å². The third kappa shape index (κ3) is 4.03. The molecule has 1 aliphatic rings. The number of amides is 1. The second-order valence-electron chi connectivity index (χ2n) is 7.47. The van der Waals surface area contributed by atoms with Crippen molar-refractivity contribution >= 4 is 22.5 Å². The summed E-state index contributed by atoms with van der Waals surface area (Å²) in [6.45, 7) is 0.399. The molecule has 0 spiro atoms. The first-order chi connectivity index (χ1) is 15.3. The van der Waals surface area contributed by atoms with Gasteiger partial charge in [0, 0.05) is 22.7 Å². The minimum atomic E-state index is -0.220. The Balaban J connectivity index is 1.23. The van der Waals surface area contributed by atoms with Gasteiger partial charge in [-0.15, -0.1) is 0 Å². The molecule has 0 fully saturated rings. The van der Waals surface area contributed by atoms with Crippen molar-refractivity contribution < 1.29 is 9.53 Å². The molecule has 1 aromatic heterocycles. The molecule has 0 radical (unpaired) electrons. The first-order valence-corrected chi connectivity index (χ1v) is 10.3. The van der Waals surface area contributed by atoms with Crippen molar-refractivity contribution in [2.45, 2.75) is 19.4 Å². The molecule has 0 saturated heterocycles. The van der Waals surface area contributed by atoms with Gasteiger partial charge in [-0.1, -0.05) is 54.6 Å². The number of pyridine rings is 1. The molecule has 0 unspecified atom stereocenters. The van der Waals surface area contributed by atoms with Crippen LogP contribution in [0.15, 0.2) is 90.2 Å². The van der Waals surface area contributed by atoms with Crippen molar-refractivity contribution in [3.8, 4) is 5.75 Å². The molecule has 3 aromatic carbocycles. The Morgan fingerprint density at radius 1 is 0.935 bits per heavy atom. The smallest absolute Gasteiger partial charge is 0.271 e. The van der Waals surface area contributed by atoms with E-state index in [1.165, 1.54) is 5.56 Å². The monoisotopic (exact) mass is 407 g/mol. The van der Waals surface area contributed by atoms with E-state index < -0.39 is 0 Å². The van der Waals surface area contributed by atoms with E-state index in [-0.39, 0.29) is 5.91 Å². The minimum Gasteiger partial charge on any atom is -0.487 e. The van der Waals surface area contributed by atoms with Gasteiger partial charge in [-0.25, -0.2) is 5.43 Å². The van der Waals surface area contributed by atoms with Gasteiger partial charge < -0.3 is 4.74 Å². The number of aryl methyl sites for hydroxylation is 1. The van der Waals surface area contributed by atoms with Crippen molar-refractivity contribution in [2.24, 2.45) is 5.10 Å². The average Bonchev–Trinajstić information content (AvgIpc) is 3.24. The lowest BCUT2D eigenvalue weighted by atomic mass is 10.1. The van der Waals surface area contributed by atoms with Crippen LogP contribution in [-0.2, 0) is 13.0 Å². The number of carbonyl (C=O) groups is 1. The highest BCUT2D eigenvalue weighted by Gasteiger charge is 2.17. The lowest BCUT2D eigenvalue weighted by molar-refractivity contribution is 0.0954. The molecule has 1 heterocycles. The summed E-state index contributed by atoms with van der Waals surface area (Å²) in [5.74, 6) is 0.523. The number of hydrazone groups is 1. The maximum absolute atomic E-state index is 12.5. The van der Waals surface area contributed by atoms with Crippen LogP contribution in [0.4, 0.5) is 0 Å². The summed E-state index contributed by atoms with van der Waals surface area (Å²) in [6, 6.07) is 25.3. The van der Waals surface area contributed by atoms with E-state index in [1.807, 2.05) is 60.7 Å². The number of rotatable bonds is 5. The van der Waals surface area contributed by atoms with Gasteiger partial charge in [0.15, 0.2) is 0 Å². The van der Waals surface area contributed by atoms with Crippen LogP contribution in [0.25, 0.3) is 10.9 Å². The van der Waals surface area contributed by atoms with Crippen molar-refractivity contribution in [2.75, 3.05) is 0 Å². The van der Waals surface area contributed by atoms with Crippen molar-refractivity contribution in [1.82, 2.24) is 10.4 Å². The third-order valence-corrected chi connectivity index (χ3v) is 5.46. The highest BCUT2D eigenvalue weighted by atomic mass is 16.5. The normalized spacial score (nSPS) is 13.9. The van der Waals surface area contributed by atoms with Crippen LogP contribution in [0.3, 0.4) is 0 Å². The predicted molar refractivity (Wildman–Crippen MR) is 121 cm³/mol. The maximum Gasteiger partial charge on any atom is 0.271 e. The molecule has 5 rings (SSSR count). The zero-order valence-electron chi connectivity index (χ0n) is 16.9. The number of aromatic nitrogens is 1. The van der Waals surface area contributed by atoms with Gasteiger partial charge in [-0.3, -0.25) is 9.78 Å². The van der Waals surface area contributed by atoms with Crippen molar-refractivity contribution in [1.29, 1.82) is 0 Å². The quantitative estimate of drug-likeness (QED) is 0.479. The number of carbonyl (C=O) groups excluding carboxylic acids is 1. The molecular weight excluding hydrogens is 386 g/mol. The fraction of sp³-hybridized carbons (Fsp3) is 0.115. The molecule has 0 bridgehead atoms. The number of fused-ring (bicyclic) bond motifs is 2. The van der Waals surface area contributed by atoms with Crippen LogP contribution in [0.5, 0.6) is 5.75 Å². The topological polar surface area (TPSA) is 63.6 Å². The number of hydrogen-bond donors (Lipinski definition) is 1. The van der Waals surface area contributed by atoms with Crippen LogP contribution in [0, 0.1) is 0 Å². The van der Waals surface area contributed by atoms with Crippen molar-refractivity contribution in [3.05, 3.63) is 107 Å². The fourth-order valence-electron chi connectivity index (χ4n) is 3.81. The Hall–Kier alpha value is -3.99. The van der Waals surface area contributed by atoms with E-state index in [9.17, 15) is 4.79 Å². The lowest BCUT2D eigenvalue weighted by Gasteiger charge is -2.09. The molecule has 0 aliphatic heterocycles. The Morgan fingerprint density at radius 3 is 2.68 bits per heavy atom. The summed E-state index contributed by atoms with van der Waals surface area (Å²) in [5.41, 5.74) is 8.39. The molecule has 5 nitrogen and oxygen atoms in total. The minimum absolute atomic E-state index is 0.220. The van der Waals surface area contributed by atoms with E-state index in [2.05, 4.69) is 21.6 Å². The third-order valence-electron chi connectivity index (χ3n) is 5.46. The van der Waals surface area contributed by atoms with E-state index in [4.69, 9.17) is 4.74 Å². The van der Waals surface area contributed by atoms with Crippen molar-refractivity contribution in [3.63, 3.8) is 0 Å². The molecule has 1 aliphatic carbocycles. The summed E-state index contributed by atoms with van der Waals surface area (Å²) >= 11 is 0. The van der Waals surface area contributed by atoms with E-state index >= 15 is 0 Å². The van der Waals surface area contributed by atoms with Crippen LogP contribution in [0.1, 0.15) is 33.5 Å². The molecule has 31 heavy (non-hydrogen) atoms. The molecule has 0 atom stereocenters. The molecule has 1 amide bonds. The number of hydrogen-bond acceptors (Lipinski definition) is 4. The highest BCUT2D eigenvalue weighted by molar-refractivity contribution is 6.05. The highest BCUT2D eigenvalue weighted by Crippen LogP contribution is 2.24. The number of ether oxygens (including phenoxy) is 1. The second kappa shape index (κ2) is 8.40. The number of nitrogens with one attached hydrogen (secondary N) is 1.